The summed E-state index contributed by atoms with van der Waals surface area (Å²) in [6.07, 6.45) is 3.44. The van der Waals surface area contributed by atoms with Gasteiger partial charge in [-0.3, -0.25) is 14.4 Å². The number of aromatic nitrogens is 3. The first-order valence-electron chi connectivity index (χ1n) is 11.1. The van der Waals surface area contributed by atoms with E-state index in [1.807, 2.05) is 53.1 Å². The van der Waals surface area contributed by atoms with Gasteiger partial charge in [0.2, 0.25) is 0 Å². The Labute approximate surface area is 201 Å². The summed E-state index contributed by atoms with van der Waals surface area (Å²) in [5, 5.41) is 7.38. The molecule has 0 bridgehead atoms. The normalized spacial score (nSPS) is 10.9. The molecule has 7 nitrogen and oxygen atoms in total. The highest BCUT2D eigenvalue weighted by Gasteiger charge is 2.24. The molecule has 0 aromatic heterocycles. The van der Waals surface area contributed by atoms with Crippen LogP contribution in [0.1, 0.15) is 33.2 Å². The third-order valence-corrected chi connectivity index (χ3v) is 5.73. The summed E-state index contributed by atoms with van der Waals surface area (Å²) in [5.41, 5.74) is 3.40. The van der Waals surface area contributed by atoms with Crippen LogP contribution in [0.15, 0.2) is 102 Å². The molecule has 35 heavy (non-hydrogen) atoms. The molecule has 1 N–H and O–H groups in total. The lowest BCUT2D eigenvalue weighted by Crippen LogP contribution is -2.18. The average molecular weight is 463 g/mol. The second-order valence-electron chi connectivity index (χ2n) is 8.23. The molecule has 2 aliphatic heterocycles. The van der Waals surface area contributed by atoms with Crippen molar-refractivity contribution in [1.29, 1.82) is 0 Å². The minimum Gasteiger partial charge on any atom is -0.348 e. The number of anilines is 1. The molecule has 0 saturated carbocycles. The Bertz CT molecular complexity index is 1540. The first-order valence-corrected chi connectivity index (χ1v) is 11.1. The second-order valence-corrected chi connectivity index (χ2v) is 8.23. The molecule has 172 valence electrons. The van der Waals surface area contributed by atoms with Crippen LogP contribution in [0.2, 0.25) is 0 Å². The lowest BCUT2D eigenvalue weighted by Gasteiger charge is -2.13. The molecule has 0 fully saturated rings. The number of hydrogen-bond donors (Lipinski definition) is 1. The number of pyridine rings is 1. The van der Waals surface area contributed by atoms with Crippen LogP contribution in [0.3, 0.4) is 0 Å². The smallest absolute Gasteiger partial charge is 0.282 e. The SMILES string of the molecule is CC(=O)c1ccc(NC(=O)c2cn(Cc3ccccc3)cc3c(=O)n(-c4ccccc4)nc2-3)cc1. The molecular formula is C28H22N4O3. The Kier molecular flexibility index (Phi) is 5.81. The number of ketones is 1. The van der Waals surface area contributed by atoms with Gasteiger partial charge in [0.25, 0.3) is 11.5 Å². The van der Waals surface area contributed by atoms with Crippen LogP contribution in [0, 0.1) is 0 Å². The van der Waals surface area contributed by atoms with Gasteiger partial charge in [-0.25, -0.2) is 0 Å². The fourth-order valence-electron chi connectivity index (χ4n) is 3.94. The van der Waals surface area contributed by atoms with Crippen molar-refractivity contribution in [2.24, 2.45) is 0 Å². The van der Waals surface area contributed by atoms with Crippen LogP contribution in [0.4, 0.5) is 5.69 Å². The molecule has 3 aromatic rings. The Hall–Kier alpha value is -4.78. The van der Waals surface area contributed by atoms with E-state index in [1.165, 1.54) is 11.6 Å². The van der Waals surface area contributed by atoms with E-state index in [1.54, 1.807) is 48.8 Å². The van der Waals surface area contributed by atoms with Crippen molar-refractivity contribution in [2.75, 3.05) is 5.32 Å². The van der Waals surface area contributed by atoms with E-state index >= 15 is 0 Å². The van der Waals surface area contributed by atoms with Gasteiger partial charge in [0.1, 0.15) is 5.69 Å². The van der Waals surface area contributed by atoms with Gasteiger partial charge in [-0.15, -0.1) is 0 Å². The minimum atomic E-state index is -0.398. The maximum atomic E-state index is 13.4. The maximum Gasteiger partial charge on any atom is 0.282 e. The monoisotopic (exact) mass is 462 g/mol. The molecule has 2 heterocycles. The van der Waals surface area contributed by atoms with Crippen molar-refractivity contribution >= 4 is 17.4 Å². The Morgan fingerprint density at radius 2 is 1.51 bits per heavy atom. The number of benzene rings is 3. The zero-order valence-corrected chi connectivity index (χ0v) is 19.0. The summed E-state index contributed by atoms with van der Waals surface area (Å²) in [6, 6.07) is 25.6. The van der Waals surface area contributed by atoms with E-state index in [0.29, 0.717) is 34.7 Å². The van der Waals surface area contributed by atoms with Gasteiger partial charge >= 0.3 is 0 Å². The third-order valence-electron chi connectivity index (χ3n) is 5.73. The predicted molar refractivity (Wildman–Crippen MR) is 134 cm³/mol. The summed E-state index contributed by atoms with van der Waals surface area (Å²) in [6.45, 7) is 1.98. The van der Waals surface area contributed by atoms with Crippen molar-refractivity contribution in [3.63, 3.8) is 0 Å². The molecule has 0 unspecified atom stereocenters. The fraction of sp³-hybridized carbons (Fsp3) is 0.0714. The lowest BCUT2D eigenvalue weighted by molar-refractivity contribution is 0.101. The molecule has 0 radical (unpaired) electrons. The van der Waals surface area contributed by atoms with Crippen LogP contribution in [-0.4, -0.2) is 26.0 Å². The number of carbonyl (C=O) groups excluding carboxylic acids is 2. The molecular weight excluding hydrogens is 440 g/mol. The van der Waals surface area contributed by atoms with Gasteiger partial charge in [0.15, 0.2) is 5.78 Å². The zero-order chi connectivity index (χ0) is 24.4. The number of nitrogens with one attached hydrogen (secondary N) is 1. The quantitative estimate of drug-likeness (QED) is 0.373. The van der Waals surface area contributed by atoms with E-state index in [0.717, 1.165) is 5.56 Å². The van der Waals surface area contributed by atoms with Crippen LogP contribution >= 0.6 is 0 Å². The Morgan fingerprint density at radius 1 is 0.857 bits per heavy atom. The van der Waals surface area contributed by atoms with Gasteiger partial charge in [-0.05, 0) is 48.9 Å². The van der Waals surface area contributed by atoms with Gasteiger partial charge in [-0.1, -0.05) is 48.5 Å². The number of carbonyl (C=O) groups is 2. The largest absolute Gasteiger partial charge is 0.348 e. The number of fused-ring (bicyclic) bond motifs is 1. The highest BCUT2D eigenvalue weighted by Crippen LogP contribution is 2.24. The van der Waals surface area contributed by atoms with Crippen molar-refractivity contribution in [2.45, 2.75) is 13.5 Å². The summed E-state index contributed by atoms with van der Waals surface area (Å²) in [4.78, 5) is 38.2. The van der Waals surface area contributed by atoms with Crippen molar-refractivity contribution in [3.05, 3.63) is 124 Å². The lowest BCUT2D eigenvalue weighted by atomic mass is 10.1. The molecule has 0 saturated heterocycles. The molecule has 0 aliphatic carbocycles. The van der Waals surface area contributed by atoms with Gasteiger partial charge in [0.05, 0.1) is 16.8 Å². The summed E-state index contributed by atoms with van der Waals surface area (Å²) in [7, 11) is 0. The number of rotatable bonds is 6. The molecule has 2 aliphatic rings. The molecule has 1 amide bonds. The highest BCUT2D eigenvalue weighted by atomic mass is 16.2. The maximum absolute atomic E-state index is 13.4. The standard InChI is InChI=1S/C28H22N4O3/c1-19(33)21-12-14-22(15-13-21)29-27(34)24-17-31(16-20-8-4-2-5-9-20)18-25-26(24)30-32(28(25)35)23-10-6-3-7-11-23/h2-15,17-18H,16H2,1H3,(H,29,34). The third kappa shape index (κ3) is 4.52. The van der Waals surface area contributed by atoms with Crippen LogP contribution < -0.4 is 10.9 Å². The highest BCUT2D eigenvalue weighted by molar-refractivity contribution is 6.08. The zero-order valence-electron chi connectivity index (χ0n) is 19.0. The summed E-state index contributed by atoms with van der Waals surface area (Å²) in [5.74, 6) is -0.449. The van der Waals surface area contributed by atoms with Gasteiger partial charge < -0.3 is 9.88 Å². The van der Waals surface area contributed by atoms with Crippen LogP contribution in [0.5, 0.6) is 0 Å². The van der Waals surface area contributed by atoms with E-state index in [4.69, 9.17) is 0 Å². The number of amides is 1. The molecule has 7 heteroatoms. The predicted octanol–water partition coefficient (Wildman–Crippen LogP) is 4.64. The first-order chi connectivity index (χ1) is 17.0. The molecule has 5 rings (SSSR count). The van der Waals surface area contributed by atoms with E-state index in [-0.39, 0.29) is 16.9 Å². The van der Waals surface area contributed by atoms with Crippen molar-refractivity contribution < 1.29 is 9.59 Å². The molecule has 0 atom stereocenters. The van der Waals surface area contributed by atoms with E-state index < -0.39 is 5.91 Å². The first kappa shape index (κ1) is 22.0. The second kappa shape index (κ2) is 9.23. The topological polar surface area (TPSA) is 86.0 Å². The van der Waals surface area contributed by atoms with Crippen LogP contribution in [-0.2, 0) is 6.54 Å². The van der Waals surface area contributed by atoms with Crippen molar-refractivity contribution in [1.82, 2.24) is 14.3 Å². The Balaban J connectivity index is 1.59. The van der Waals surface area contributed by atoms with Gasteiger partial charge in [0, 0.05) is 30.2 Å². The number of nitrogens with zero attached hydrogens (tertiary/aromatic N) is 3. The fourth-order valence-corrected chi connectivity index (χ4v) is 3.94. The molecule has 0 spiro atoms. The number of para-hydroxylation sites is 1. The number of hydrogen-bond acceptors (Lipinski definition) is 4. The average Bonchev–Trinajstić information content (AvgIpc) is 3.21. The van der Waals surface area contributed by atoms with Gasteiger partial charge in [-0.2, -0.15) is 9.78 Å². The summed E-state index contributed by atoms with van der Waals surface area (Å²) >= 11 is 0. The summed E-state index contributed by atoms with van der Waals surface area (Å²) < 4.78 is 3.14. The molecule has 3 aromatic carbocycles. The van der Waals surface area contributed by atoms with E-state index in [2.05, 4.69) is 10.4 Å². The van der Waals surface area contributed by atoms with Crippen LogP contribution in [0.25, 0.3) is 16.9 Å². The van der Waals surface area contributed by atoms with E-state index in [9.17, 15) is 14.4 Å². The Morgan fingerprint density at radius 3 is 2.17 bits per heavy atom. The van der Waals surface area contributed by atoms with Crippen molar-refractivity contribution in [3.8, 4) is 16.9 Å². The number of Topliss-reactive ketones (excluding diaryl/α,β-unsaturated/α-hetero) is 1. The minimum absolute atomic E-state index is 0.0518.